The molecule has 2 aromatic carbocycles. The van der Waals surface area contributed by atoms with Crippen LogP contribution in [0.5, 0.6) is 0 Å². The predicted molar refractivity (Wildman–Crippen MR) is 83.5 cm³/mol. The van der Waals surface area contributed by atoms with Crippen LogP contribution in [0.25, 0.3) is 11.1 Å². The molecule has 0 bridgehead atoms. The van der Waals surface area contributed by atoms with Gasteiger partial charge in [0.05, 0.1) is 0 Å². The SMILES string of the molecule is CC(=O)NC1(C(=O)O)Cc2ccccc2-c2ccccc2C1. The van der Waals surface area contributed by atoms with Gasteiger partial charge in [0.15, 0.2) is 0 Å². The third kappa shape index (κ3) is 2.37. The third-order valence-corrected chi connectivity index (χ3v) is 4.13. The molecule has 22 heavy (non-hydrogen) atoms. The summed E-state index contributed by atoms with van der Waals surface area (Å²) < 4.78 is 0. The molecule has 0 aliphatic heterocycles. The van der Waals surface area contributed by atoms with Crippen LogP contribution in [0.3, 0.4) is 0 Å². The fourth-order valence-electron chi connectivity index (χ4n) is 3.22. The second kappa shape index (κ2) is 5.30. The van der Waals surface area contributed by atoms with Crippen molar-refractivity contribution in [3.05, 3.63) is 59.7 Å². The standard InChI is InChI=1S/C18H17NO3/c1-12(20)19-18(17(21)22)10-13-6-2-4-8-15(13)16-9-5-3-7-14(16)11-18/h2-9H,10-11H2,1H3,(H,19,20)(H,21,22). The molecular weight excluding hydrogens is 278 g/mol. The maximum atomic E-state index is 12.0. The fourth-order valence-corrected chi connectivity index (χ4v) is 3.22. The van der Waals surface area contributed by atoms with Crippen LogP contribution in [0.15, 0.2) is 48.5 Å². The summed E-state index contributed by atoms with van der Waals surface area (Å²) in [5, 5.41) is 12.5. The van der Waals surface area contributed by atoms with E-state index in [9.17, 15) is 14.7 Å². The van der Waals surface area contributed by atoms with Crippen LogP contribution < -0.4 is 5.32 Å². The molecule has 0 aromatic heterocycles. The van der Waals surface area contributed by atoms with Gasteiger partial charge in [-0.3, -0.25) is 4.79 Å². The topological polar surface area (TPSA) is 66.4 Å². The molecule has 4 nitrogen and oxygen atoms in total. The summed E-state index contributed by atoms with van der Waals surface area (Å²) in [5.74, 6) is -1.34. The molecule has 0 atom stereocenters. The average Bonchev–Trinajstić information content (AvgIpc) is 2.61. The van der Waals surface area contributed by atoms with Crippen LogP contribution >= 0.6 is 0 Å². The number of benzene rings is 2. The molecule has 0 unspecified atom stereocenters. The van der Waals surface area contributed by atoms with Crippen LogP contribution in [-0.4, -0.2) is 22.5 Å². The lowest BCUT2D eigenvalue weighted by molar-refractivity contribution is -0.147. The maximum Gasteiger partial charge on any atom is 0.330 e. The second-order valence-electron chi connectivity index (χ2n) is 5.74. The normalized spacial score (nSPS) is 15.1. The Hall–Kier alpha value is -2.62. The quantitative estimate of drug-likeness (QED) is 0.894. The van der Waals surface area contributed by atoms with Crippen molar-refractivity contribution in [1.82, 2.24) is 5.32 Å². The molecule has 0 saturated heterocycles. The first-order chi connectivity index (χ1) is 10.5. The van der Waals surface area contributed by atoms with E-state index in [0.717, 1.165) is 22.3 Å². The summed E-state index contributed by atoms with van der Waals surface area (Å²) in [6.07, 6.45) is 0.541. The first-order valence-electron chi connectivity index (χ1n) is 7.20. The highest BCUT2D eigenvalue weighted by Crippen LogP contribution is 2.36. The Morgan fingerprint density at radius 1 is 0.955 bits per heavy atom. The van der Waals surface area contributed by atoms with E-state index in [-0.39, 0.29) is 18.7 Å². The van der Waals surface area contributed by atoms with Crippen LogP contribution in [0, 0.1) is 0 Å². The smallest absolute Gasteiger partial charge is 0.330 e. The van der Waals surface area contributed by atoms with Gasteiger partial charge in [0, 0.05) is 19.8 Å². The molecule has 0 fully saturated rings. The number of carbonyl (C=O) groups is 2. The Labute approximate surface area is 128 Å². The number of hydrogen-bond acceptors (Lipinski definition) is 2. The Morgan fingerprint density at radius 2 is 1.41 bits per heavy atom. The number of carboxylic acid groups (broad SMARTS) is 1. The highest BCUT2D eigenvalue weighted by Gasteiger charge is 2.42. The van der Waals surface area contributed by atoms with E-state index in [1.54, 1.807) is 0 Å². The predicted octanol–water partition coefficient (Wildman–Crippen LogP) is 2.41. The van der Waals surface area contributed by atoms with E-state index in [0.29, 0.717) is 0 Å². The summed E-state index contributed by atoms with van der Waals surface area (Å²) >= 11 is 0. The number of carboxylic acids is 1. The molecule has 112 valence electrons. The number of nitrogens with one attached hydrogen (secondary N) is 1. The molecule has 0 heterocycles. The Morgan fingerprint density at radius 3 is 1.82 bits per heavy atom. The van der Waals surface area contributed by atoms with Crippen LogP contribution in [0.4, 0.5) is 0 Å². The van der Waals surface area contributed by atoms with Crippen molar-refractivity contribution in [3.8, 4) is 11.1 Å². The molecule has 2 aromatic rings. The summed E-state index contributed by atoms with van der Waals surface area (Å²) in [4.78, 5) is 23.6. The van der Waals surface area contributed by atoms with Crippen molar-refractivity contribution in [1.29, 1.82) is 0 Å². The van der Waals surface area contributed by atoms with Crippen molar-refractivity contribution in [2.75, 3.05) is 0 Å². The van der Waals surface area contributed by atoms with Gasteiger partial charge in [-0.2, -0.15) is 0 Å². The summed E-state index contributed by atoms with van der Waals surface area (Å²) in [5.41, 5.74) is 2.62. The van der Waals surface area contributed by atoms with Gasteiger partial charge in [-0.05, 0) is 22.3 Å². The van der Waals surface area contributed by atoms with Gasteiger partial charge in [0.2, 0.25) is 5.91 Å². The molecular formula is C18H17NO3. The molecule has 1 aliphatic rings. The minimum absolute atomic E-state index is 0.271. The van der Waals surface area contributed by atoms with Crippen molar-refractivity contribution < 1.29 is 14.7 Å². The molecule has 0 radical (unpaired) electrons. The minimum Gasteiger partial charge on any atom is -0.479 e. The zero-order valence-corrected chi connectivity index (χ0v) is 12.3. The number of aliphatic carboxylic acids is 1. The van der Waals surface area contributed by atoms with Crippen LogP contribution in [0.1, 0.15) is 18.1 Å². The zero-order valence-electron chi connectivity index (χ0n) is 12.3. The minimum atomic E-state index is -1.31. The lowest BCUT2D eigenvalue weighted by Crippen LogP contribution is -2.57. The largest absolute Gasteiger partial charge is 0.479 e. The van der Waals surface area contributed by atoms with Gasteiger partial charge in [-0.15, -0.1) is 0 Å². The molecule has 1 amide bonds. The Kier molecular flexibility index (Phi) is 3.45. The molecule has 0 spiro atoms. The van der Waals surface area contributed by atoms with Crippen LogP contribution in [-0.2, 0) is 22.4 Å². The van der Waals surface area contributed by atoms with Gasteiger partial charge in [0.1, 0.15) is 5.54 Å². The van der Waals surface area contributed by atoms with Crippen molar-refractivity contribution >= 4 is 11.9 Å². The van der Waals surface area contributed by atoms with E-state index in [2.05, 4.69) is 5.32 Å². The van der Waals surface area contributed by atoms with E-state index >= 15 is 0 Å². The molecule has 0 saturated carbocycles. The molecule has 2 N–H and O–H groups in total. The maximum absolute atomic E-state index is 12.0. The highest BCUT2D eigenvalue weighted by molar-refractivity contribution is 5.88. The van der Waals surface area contributed by atoms with Crippen molar-refractivity contribution in [2.24, 2.45) is 0 Å². The molecule has 3 rings (SSSR count). The lowest BCUT2D eigenvalue weighted by atomic mass is 9.86. The van der Waals surface area contributed by atoms with Gasteiger partial charge in [0.25, 0.3) is 0 Å². The van der Waals surface area contributed by atoms with E-state index in [1.807, 2.05) is 48.5 Å². The van der Waals surface area contributed by atoms with Gasteiger partial charge in [-0.25, -0.2) is 4.79 Å². The summed E-state index contributed by atoms with van der Waals surface area (Å²) in [6.45, 7) is 1.35. The molecule has 1 aliphatic carbocycles. The van der Waals surface area contributed by atoms with Crippen LogP contribution in [0.2, 0.25) is 0 Å². The van der Waals surface area contributed by atoms with Crippen molar-refractivity contribution in [2.45, 2.75) is 25.3 Å². The van der Waals surface area contributed by atoms with Gasteiger partial charge >= 0.3 is 5.97 Å². The first kappa shape index (κ1) is 14.3. The highest BCUT2D eigenvalue weighted by atomic mass is 16.4. The first-order valence-corrected chi connectivity index (χ1v) is 7.20. The van der Waals surface area contributed by atoms with Gasteiger partial charge in [-0.1, -0.05) is 48.5 Å². The van der Waals surface area contributed by atoms with Gasteiger partial charge < -0.3 is 10.4 Å². The van der Waals surface area contributed by atoms with Crippen molar-refractivity contribution in [3.63, 3.8) is 0 Å². The number of rotatable bonds is 2. The lowest BCUT2D eigenvalue weighted by Gasteiger charge is -2.29. The average molecular weight is 295 g/mol. The zero-order chi connectivity index (χ0) is 15.7. The van der Waals surface area contributed by atoms with E-state index in [4.69, 9.17) is 0 Å². The van der Waals surface area contributed by atoms with E-state index in [1.165, 1.54) is 6.92 Å². The Balaban J connectivity index is 2.23. The number of carbonyl (C=O) groups excluding carboxylic acids is 1. The summed E-state index contributed by atoms with van der Waals surface area (Å²) in [7, 11) is 0. The number of fused-ring (bicyclic) bond motifs is 3. The fraction of sp³-hybridized carbons (Fsp3) is 0.222. The third-order valence-electron chi connectivity index (χ3n) is 4.13. The Bertz CT molecular complexity index is 704. The number of hydrogen-bond donors (Lipinski definition) is 2. The number of amides is 1. The molecule has 4 heteroatoms. The second-order valence-corrected chi connectivity index (χ2v) is 5.74. The summed E-state index contributed by atoms with van der Waals surface area (Å²) in [6, 6.07) is 15.5. The monoisotopic (exact) mass is 295 g/mol. The van der Waals surface area contributed by atoms with E-state index < -0.39 is 11.5 Å².